The third-order valence-electron chi connectivity index (χ3n) is 2.73. The maximum Gasteiger partial charge on any atom is 0.128 e. The lowest BCUT2D eigenvalue weighted by Gasteiger charge is -2.07. The molecular formula is C13H15BrN2OS. The Hall–Kier alpha value is -0.910. The number of benzene rings is 1. The van der Waals surface area contributed by atoms with Crippen LogP contribution in [0.5, 0.6) is 5.75 Å². The molecule has 3 nitrogen and oxygen atoms in total. The molecule has 96 valence electrons. The van der Waals surface area contributed by atoms with E-state index < -0.39 is 0 Å². The SMILES string of the molecule is COc1ccc(Br)cc1-c1csc(C(C)CN)n1. The van der Waals surface area contributed by atoms with Crippen molar-refractivity contribution in [1.82, 2.24) is 4.98 Å². The molecule has 0 aliphatic rings. The number of hydrogen-bond donors (Lipinski definition) is 1. The molecule has 0 bridgehead atoms. The fourth-order valence-corrected chi connectivity index (χ4v) is 2.87. The molecule has 2 aromatic rings. The van der Waals surface area contributed by atoms with Crippen LogP contribution in [0.2, 0.25) is 0 Å². The average molecular weight is 327 g/mol. The third kappa shape index (κ3) is 2.74. The van der Waals surface area contributed by atoms with Crippen molar-refractivity contribution in [2.75, 3.05) is 13.7 Å². The minimum atomic E-state index is 0.293. The zero-order valence-corrected chi connectivity index (χ0v) is 12.7. The number of halogens is 1. The molecule has 18 heavy (non-hydrogen) atoms. The zero-order valence-electron chi connectivity index (χ0n) is 10.3. The molecule has 0 aliphatic heterocycles. The molecule has 0 saturated carbocycles. The van der Waals surface area contributed by atoms with Gasteiger partial charge in [-0.2, -0.15) is 0 Å². The topological polar surface area (TPSA) is 48.1 Å². The molecule has 1 atom stereocenters. The molecule has 2 N–H and O–H groups in total. The Balaban J connectivity index is 2.42. The highest BCUT2D eigenvalue weighted by atomic mass is 79.9. The number of nitrogens with two attached hydrogens (primary N) is 1. The molecule has 0 saturated heterocycles. The van der Waals surface area contributed by atoms with Crippen molar-refractivity contribution in [3.63, 3.8) is 0 Å². The Morgan fingerprint density at radius 3 is 2.94 bits per heavy atom. The molecule has 5 heteroatoms. The van der Waals surface area contributed by atoms with Crippen LogP contribution in [0.1, 0.15) is 17.8 Å². The van der Waals surface area contributed by atoms with Gasteiger partial charge in [-0.3, -0.25) is 0 Å². The average Bonchev–Trinajstić information content (AvgIpc) is 2.87. The predicted octanol–water partition coefficient (Wildman–Crippen LogP) is 3.64. The van der Waals surface area contributed by atoms with Crippen molar-refractivity contribution in [3.8, 4) is 17.0 Å². The summed E-state index contributed by atoms with van der Waals surface area (Å²) < 4.78 is 6.38. The van der Waals surface area contributed by atoms with E-state index in [2.05, 4.69) is 27.8 Å². The highest BCUT2D eigenvalue weighted by Gasteiger charge is 2.13. The second-order valence-corrected chi connectivity index (χ2v) is 5.86. The van der Waals surface area contributed by atoms with Crippen LogP contribution in [-0.2, 0) is 0 Å². The number of nitrogens with zero attached hydrogens (tertiary/aromatic N) is 1. The number of rotatable bonds is 4. The van der Waals surface area contributed by atoms with E-state index in [4.69, 9.17) is 10.5 Å². The highest BCUT2D eigenvalue weighted by molar-refractivity contribution is 9.10. The van der Waals surface area contributed by atoms with Crippen LogP contribution < -0.4 is 10.5 Å². The van der Waals surface area contributed by atoms with Gasteiger partial charge in [0, 0.05) is 27.9 Å². The van der Waals surface area contributed by atoms with E-state index in [1.807, 2.05) is 23.6 Å². The quantitative estimate of drug-likeness (QED) is 0.933. The van der Waals surface area contributed by atoms with Crippen LogP contribution in [0.25, 0.3) is 11.3 Å². The second kappa shape index (κ2) is 5.82. The zero-order chi connectivity index (χ0) is 13.1. The van der Waals surface area contributed by atoms with Crippen molar-refractivity contribution < 1.29 is 4.74 Å². The smallest absolute Gasteiger partial charge is 0.128 e. The van der Waals surface area contributed by atoms with Crippen LogP contribution in [0.3, 0.4) is 0 Å². The Morgan fingerprint density at radius 2 is 2.28 bits per heavy atom. The van der Waals surface area contributed by atoms with Gasteiger partial charge < -0.3 is 10.5 Å². The van der Waals surface area contributed by atoms with Crippen molar-refractivity contribution in [2.45, 2.75) is 12.8 Å². The minimum Gasteiger partial charge on any atom is -0.496 e. The van der Waals surface area contributed by atoms with Crippen molar-refractivity contribution in [1.29, 1.82) is 0 Å². The lowest BCUT2D eigenvalue weighted by atomic mass is 10.1. The first-order chi connectivity index (χ1) is 8.65. The highest BCUT2D eigenvalue weighted by Crippen LogP contribution is 2.34. The van der Waals surface area contributed by atoms with E-state index in [-0.39, 0.29) is 0 Å². The number of thiazole rings is 1. The molecule has 2 rings (SSSR count). The first-order valence-electron chi connectivity index (χ1n) is 5.65. The van der Waals surface area contributed by atoms with Gasteiger partial charge in [0.25, 0.3) is 0 Å². The van der Waals surface area contributed by atoms with Gasteiger partial charge in [0.15, 0.2) is 0 Å². The summed E-state index contributed by atoms with van der Waals surface area (Å²) in [5.74, 6) is 1.12. The second-order valence-electron chi connectivity index (χ2n) is 4.05. The Labute approximate surface area is 119 Å². The van der Waals surface area contributed by atoms with Crippen molar-refractivity contribution in [2.24, 2.45) is 5.73 Å². The van der Waals surface area contributed by atoms with Crippen LogP contribution in [0.15, 0.2) is 28.1 Å². The molecule has 1 heterocycles. The third-order valence-corrected chi connectivity index (χ3v) is 4.30. The fraction of sp³-hybridized carbons (Fsp3) is 0.308. The van der Waals surface area contributed by atoms with Gasteiger partial charge in [0.05, 0.1) is 17.8 Å². The van der Waals surface area contributed by atoms with Gasteiger partial charge in [-0.25, -0.2) is 4.98 Å². The van der Waals surface area contributed by atoms with Crippen LogP contribution in [-0.4, -0.2) is 18.6 Å². The van der Waals surface area contributed by atoms with Gasteiger partial charge in [-0.15, -0.1) is 11.3 Å². The normalized spacial score (nSPS) is 12.4. The minimum absolute atomic E-state index is 0.293. The van der Waals surface area contributed by atoms with Gasteiger partial charge in [-0.1, -0.05) is 22.9 Å². The van der Waals surface area contributed by atoms with E-state index >= 15 is 0 Å². The molecule has 0 amide bonds. The summed E-state index contributed by atoms with van der Waals surface area (Å²) >= 11 is 5.11. The van der Waals surface area contributed by atoms with Crippen molar-refractivity contribution >= 4 is 27.3 Å². The molecular weight excluding hydrogens is 312 g/mol. The van der Waals surface area contributed by atoms with Gasteiger partial charge in [0.2, 0.25) is 0 Å². The van der Waals surface area contributed by atoms with Crippen molar-refractivity contribution in [3.05, 3.63) is 33.1 Å². The first-order valence-corrected chi connectivity index (χ1v) is 7.32. The van der Waals surface area contributed by atoms with Crippen LogP contribution in [0, 0.1) is 0 Å². The number of ether oxygens (including phenoxy) is 1. The largest absolute Gasteiger partial charge is 0.496 e. The van der Waals surface area contributed by atoms with Gasteiger partial charge >= 0.3 is 0 Å². The molecule has 0 radical (unpaired) electrons. The summed E-state index contributed by atoms with van der Waals surface area (Å²) in [6.07, 6.45) is 0. The van der Waals surface area contributed by atoms with E-state index in [1.54, 1.807) is 18.4 Å². The Kier molecular flexibility index (Phi) is 4.37. The molecule has 0 aliphatic carbocycles. The van der Waals surface area contributed by atoms with E-state index in [0.29, 0.717) is 12.5 Å². The standard InChI is InChI=1S/C13H15BrN2OS/c1-8(6-15)13-16-11(7-18-13)10-5-9(14)3-4-12(10)17-2/h3-5,7-8H,6,15H2,1-2H3. The van der Waals surface area contributed by atoms with E-state index in [9.17, 15) is 0 Å². The summed E-state index contributed by atoms with van der Waals surface area (Å²) in [5.41, 5.74) is 7.60. The van der Waals surface area contributed by atoms with Gasteiger partial charge in [-0.05, 0) is 18.2 Å². The number of aromatic nitrogens is 1. The lowest BCUT2D eigenvalue weighted by molar-refractivity contribution is 0.416. The van der Waals surface area contributed by atoms with E-state index in [1.165, 1.54) is 0 Å². The maximum atomic E-state index is 5.67. The molecule has 0 spiro atoms. The monoisotopic (exact) mass is 326 g/mol. The molecule has 1 unspecified atom stereocenters. The van der Waals surface area contributed by atoms with Crippen LogP contribution in [0.4, 0.5) is 0 Å². The maximum absolute atomic E-state index is 5.67. The summed E-state index contributed by atoms with van der Waals surface area (Å²) in [6, 6.07) is 5.91. The first kappa shape index (κ1) is 13.5. The number of hydrogen-bond acceptors (Lipinski definition) is 4. The summed E-state index contributed by atoms with van der Waals surface area (Å²) in [5, 5.41) is 3.11. The number of methoxy groups -OCH3 is 1. The fourth-order valence-electron chi connectivity index (χ4n) is 1.62. The molecule has 0 fully saturated rings. The lowest BCUT2D eigenvalue weighted by Crippen LogP contribution is -2.08. The Bertz CT molecular complexity index is 542. The summed E-state index contributed by atoms with van der Waals surface area (Å²) in [6.45, 7) is 2.70. The summed E-state index contributed by atoms with van der Waals surface area (Å²) in [7, 11) is 1.67. The van der Waals surface area contributed by atoms with Crippen LogP contribution >= 0.6 is 27.3 Å². The van der Waals surface area contributed by atoms with E-state index in [0.717, 1.165) is 26.5 Å². The molecule has 1 aromatic carbocycles. The molecule has 1 aromatic heterocycles. The van der Waals surface area contributed by atoms with Gasteiger partial charge in [0.1, 0.15) is 5.75 Å². The Morgan fingerprint density at radius 1 is 1.50 bits per heavy atom. The summed E-state index contributed by atoms with van der Waals surface area (Å²) in [4.78, 5) is 4.64. The predicted molar refractivity (Wildman–Crippen MR) is 79.3 cm³/mol.